The summed E-state index contributed by atoms with van der Waals surface area (Å²) in [5.74, 6) is 0.109. The van der Waals surface area contributed by atoms with Crippen molar-refractivity contribution in [2.75, 3.05) is 0 Å². The summed E-state index contributed by atoms with van der Waals surface area (Å²) in [6, 6.07) is 9.20. The molecule has 1 rings (SSSR count). The van der Waals surface area contributed by atoms with Crippen molar-refractivity contribution in [3.8, 4) is 0 Å². The van der Waals surface area contributed by atoms with Gasteiger partial charge in [-0.2, -0.15) is 0 Å². The zero-order chi connectivity index (χ0) is 10.4. The van der Waals surface area contributed by atoms with E-state index in [9.17, 15) is 9.90 Å². The molecule has 2 nitrogen and oxygen atoms in total. The third-order valence-electron chi connectivity index (χ3n) is 2.27. The van der Waals surface area contributed by atoms with Crippen LogP contribution in [0.15, 0.2) is 30.3 Å². The van der Waals surface area contributed by atoms with Gasteiger partial charge in [-0.05, 0) is 12.8 Å². The van der Waals surface area contributed by atoms with Crippen molar-refractivity contribution in [2.24, 2.45) is 0 Å². The maximum Gasteiger partial charge on any atom is 0.162 e. The van der Waals surface area contributed by atoms with Gasteiger partial charge in [-0.1, -0.05) is 37.3 Å². The van der Waals surface area contributed by atoms with Crippen LogP contribution in [0.1, 0.15) is 36.5 Å². The van der Waals surface area contributed by atoms with Crippen LogP contribution < -0.4 is 0 Å². The summed E-state index contributed by atoms with van der Waals surface area (Å²) < 4.78 is 0. The number of ketones is 1. The highest BCUT2D eigenvalue weighted by atomic mass is 16.3. The van der Waals surface area contributed by atoms with Crippen LogP contribution in [-0.4, -0.2) is 17.0 Å². The minimum absolute atomic E-state index is 0.109. The van der Waals surface area contributed by atoms with Crippen LogP contribution in [0.25, 0.3) is 0 Å². The molecule has 14 heavy (non-hydrogen) atoms. The Morgan fingerprint density at radius 3 is 2.57 bits per heavy atom. The summed E-state index contributed by atoms with van der Waals surface area (Å²) in [6.45, 7) is 1.91. The van der Waals surface area contributed by atoms with E-state index >= 15 is 0 Å². The molecule has 0 spiro atoms. The molecule has 0 fully saturated rings. The van der Waals surface area contributed by atoms with Gasteiger partial charge in [0.05, 0.1) is 6.10 Å². The highest BCUT2D eigenvalue weighted by Crippen LogP contribution is 2.08. The van der Waals surface area contributed by atoms with Crippen molar-refractivity contribution in [2.45, 2.75) is 32.3 Å². The van der Waals surface area contributed by atoms with Gasteiger partial charge in [-0.15, -0.1) is 0 Å². The van der Waals surface area contributed by atoms with Gasteiger partial charge in [0, 0.05) is 12.0 Å². The van der Waals surface area contributed by atoms with E-state index in [0.29, 0.717) is 19.3 Å². The van der Waals surface area contributed by atoms with Gasteiger partial charge in [0.15, 0.2) is 5.78 Å². The average Bonchev–Trinajstić information content (AvgIpc) is 2.26. The number of aliphatic hydroxyl groups is 1. The lowest BCUT2D eigenvalue weighted by molar-refractivity contribution is 0.0937. The first-order valence-electron chi connectivity index (χ1n) is 5.00. The number of hydrogen-bond donors (Lipinski definition) is 1. The first-order chi connectivity index (χ1) is 6.74. The molecule has 2 heteroatoms. The summed E-state index contributed by atoms with van der Waals surface area (Å²) in [5.41, 5.74) is 0.732. The molecule has 0 bridgehead atoms. The number of benzene rings is 1. The largest absolute Gasteiger partial charge is 0.393 e. The predicted octanol–water partition coefficient (Wildman–Crippen LogP) is 2.42. The topological polar surface area (TPSA) is 37.3 Å². The van der Waals surface area contributed by atoms with E-state index in [0.717, 1.165) is 5.56 Å². The number of rotatable bonds is 5. The molecule has 0 radical (unpaired) electrons. The van der Waals surface area contributed by atoms with Gasteiger partial charge >= 0.3 is 0 Å². The Hall–Kier alpha value is -1.15. The van der Waals surface area contributed by atoms with E-state index < -0.39 is 0 Å². The Kier molecular flexibility index (Phi) is 4.33. The van der Waals surface area contributed by atoms with Crippen LogP contribution in [0, 0.1) is 0 Å². The van der Waals surface area contributed by atoms with Crippen molar-refractivity contribution in [1.82, 2.24) is 0 Å². The summed E-state index contributed by atoms with van der Waals surface area (Å²) in [6.07, 6.45) is 1.35. The number of hydrogen-bond acceptors (Lipinski definition) is 2. The van der Waals surface area contributed by atoms with Gasteiger partial charge in [-0.25, -0.2) is 0 Å². The first-order valence-corrected chi connectivity index (χ1v) is 5.00. The zero-order valence-corrected chi connectivity index (χ0v) is 8.44. The van der Waals surface area contributed by atoms with Gasteiger partial charge in [0.2, 0.25) is 0 Å². The summed E-state index contributed by atoms with van der Waals surface area (Å²) in [4.78, 5) is 11.6. The molecule has 0 saturated heterocycles. The smallest absolute Gasteiger partial charge is 0.162 e. The molecule has 0 amide bonds. The second kappa shape index (κ2) is 5.55. The third-order valence-corrected chi connectivity index (χ3v) is 2.27. The minimum Gasteiger partial charge on any atom is -0.393 e. The maximum atomic E-state index is 11.6. The molecule has 0 saturated carbocycles. The van der Waals surface area contributed by atoms with Crippen molar-refractivity contribution in [3.63, 3.8) is 0 Å². The van der Waals surface area contributed by atoms with E-state index in [-0.39, 0.29) is 11.9 Å². The van der Waals surface area contributed by atoms with E-state index in [2.05, 4.69) is 0 Å². The summed E-state index contributed by atoms with van der Waals surface area (Å²) in [7, 11) is 0. The van der Waals surface area contributed by atoms with Gasteiger partial charge < -0.3 is 5.11 Å². The molecule has 76 valence electrons. The molecule has 0 aliphatic carbocycles. The highest BCUT2D eigenvalue weighted by Gasteiger charge is 2.07. The third kappa shape index (κ3) is 3.30. The Morgan fingerprint density at radius 1 is 1.36 bits per heavy atom. The highest BCUT2D eigenvalue weighted by molar-refractivity contribution is 5.95. The van der Waals surface area contributed by atoms with Gasteiger partial charge in [-0.3, -0.25) is 4.79 Å². The molecular weight excluding hydrogens is 176 g/mol. The number of carbonyl (C=O) groups is 1. The quantitative estimate of drug-likeness (QED) is 0.727. The second-order valence-electron chi connectivity index (χ2n) is 3.39. The van der Waals surface area contributed by atoms with Crippen LogP contribution in [0.3, 0.4) is 0 Å². The number of Topliss-reactive ketones (excluding diaryl/α,β-unsaturated/α-hetero) is 1. The predicted molar refractivity (Wildman–Crippen MR) is 56.3 cm³/mol. The maximum absolute atomic E-state index is 11.6. The lowest BCUT2D eigenvalue weighted by Crippen LogP contribution is -2.08. The molecule has 0 aliphatic rings. The Labute approximate surface area is 84.6 Å². The minimum atomic E-state index is -0.345. The molecular formula is C12H16O2. The fourth-order valence-electron chi connectivity index (χ4n) is 1.27. The van der Waals surface area contributed by atoms with Crippen LogP contribution in [-0.2, 0) is 0 Å². The second-order valence-corrected chi connectivity index (χ2v) is 3.39. The Bertz CT molecular complexity index is 280. The summed E-state index contributed by atoms with van der Waals surface area (Å²) in [5, 5.41) is 9.30. The Morgan fingerprint density at radius 2 is 2.00 bits per heavy atom. The van der Waals surface area contributed by atoms with E-state index in [1.54, 1.807) is 12.1 Å². The fourth-order valence-corrected chi connectivity index (χ4v) is 1.27. The van der Waals surface area contributed by atoms with Crippen LogP contribution in [0.4, 0.5) is 0 Å². The van der Waals surface area contributed by atoms with Crippen LogP contribution >= 0.6 is 0 Å². The van der Waals surface area contributed by atoms with E-state index in [4.69, 9.17) is 0 Å². The molecule has 0 unspecified atom stereocenters. The van der Waals surface area contributed by atoms with Crippen molar-refractivity contribution >= 4 is 5.78 Å². The fraction of sp³-hybridized carbons (Fsp3) is 0.417. The standard InChI is InChI=1S/C12H16O2/c1-2-11(13)8-9-12(14)10-6-4-3-5-7-10/h3-7,11,13H,2,8-9H2,1H3/t11-/m0/s1. The Balaban J connectivity index is 2.44. The van der Waals surface area contributed by atoms with Crippen molar-refractivity contribution in [3.05, 3.63) is 35.9 Å². The molecule has 1 atom stereocenters. The molecule has 1 aromatic rings. The van der Waals surface area contributed by atoms with E-state index in [1.807, 2.05) is 25.1 Å². The van der Waals surface area contributed by atoms with Crippen molar-refractivity contribution < 1.29 is 9.90 Å². The zero-order valence-electron chi connectivity index (χ0n) is 8.44. The average molecular weight is 192 g/mol. The number of carbonyl (C=O) groups excluding carboxylic acids is 1. The van der Waals surface area contributed by atoms with Crippen LogP contribution in [0.5, 0.6) is 0 Å². The lowest BCUT2D eigenvalue weighted by atomic mass is 10.0. The molecule has 1 N–H and O–H groups in total. The molecule has 1 aromatic carbocycles. The molecule has 0 aliphatic heterocycles. The van der Waals surface area contributed by atoms with E-state index in [1.165, 1.54) is 0 Å². The van der Waals surface area contributed by atoms with Gasteiger partial charge in [0.1, 0.15) is 0 Å². The van der Waals surface area contributed by atoms with Gasteiger partial charge in [0.25, 0.3) is 0 Å². The lowest BCUT2D eigenvalue weighted by Gasteiger charge is -2.06. The molecule has 0 heterocycles. The molecule has 0 aromatic heterocycles. The first kappa shape index (κ1) is 10.9. The van der Waals surface area contributed by atoms with Crippen LogP contribution in [0.2, 0.25) is 0 Å². The monoisotopic (exact) mass is 192 g/mol. The van der Waals surface area contributed by atoms with Crippen molar-refractivity contribution in [1.29, 1.82) is 0 Å². The SMILES string of the molecule is CC[C@H](O)CCC(=O)c1ccccc1. The number of aliphatic hydroxyl groups excluding tert-OH is 1. The summed E-state index contributed by atoms with van der Waals surface area (Å²) >= 11 is 0. The normalized spacial score (nSPS) is 12.4.